The van der Waals surface area contributed by atoms with Crippen molar-refractivity contribution in [2.45, 2.75) is 23.8 Å². The van der Waals surface area contributed by atoms with Crippen LogP contribution in [-0.2, 0) is 10.0 Å². The van der Waals surface area contributed by atoms with Crippen molar-refractivity contribution < 1.29 is 17.6 Å². The van der Waals surface area contributed by atoms with E-state index >= 15 is 0 Å². The highest BCUT2D eigenvalue weighted by molar-refractivity contribution is 7.89. The molecule has 1 aliphatic rings. The number of hydrogen-bond donors (Lipinski definition) is 1. The van der Waals surface area contributed by atoms with Crippen molar-refractivity contribution in [3.8, 4) is 0 Å². The number of hydrogen-bond acceptors (Lipinski definition) is 4. The van der Waals surface area contributed by atoms with Gasteiger partial charge in [0.2, 0.25) is 10.0 Å². The van der Waals surface area contributed by atoms with Gasteiger partial charge in [-0.1, -0.05) is 6.07 Å². The van der Waals surface area contributed by atoms with E-state index in [1.807, 2.05) is 37.2 Å². The van der Waals surface area contributed by atoms with Gasteiger partial charge in [-0.2, -0.15) is 0 Å². The molecule has 1 heterocycles. The summed E-state index contributed by atoms with van der Waals surface area (Å²) in [6, 6.07) is 11.9. The van der Waals surface area contributed by atoms with E-state index in [2.05, 4.69) is 4.72 Å². The Bertz CT molecular complexity index is 937. The highest BCUT2D eigenvalue weighted by Crippen LogP contribution is 2.19. The second-order valence-electron chi connectivity index (χ2n) is 7.09. The number of nitrogens with zero attached hydrogens (tertiary/aromatic N) is 2. The van der Waals surface area contributed by atoms with E-state index in [1.54, 1.807) is 11.0 Å². The van der Waals surface area contributed by atoms with Crippen molar-refractivity contribution in [1.29, 1.82) is 0 Å². The first-order valence-electron chi connectivity index (χ1n) is 9.11. The van der Waals surface area contributed by atoms with Crippen LogP contribution in [0.25, 0.3) is 0 Å². The molecule has 2 aromatic carbocycles. The lowest BCUT2D eigenvalue weighted by molar-refractivity contribution is 0.0711. The average Bonchev–Trinajstić information content (AvgIpc) is 2.68. The summed E-state index contributed by atoms with van der Waals surface area (Å²) in [6.07, 6.45) is 1.05. The fourth-order valence-corrected chi connectivity index (χ4v) is 4.51. The van der Waals surface area contributed by atoms with Gasteiger partial charge in [0.15, 0.2) is 0 Å². The second-order valence-corrected chi connectivity index (χ2v) is 8.80. The fraction of sp³-hybridized carbons (Fsp3) is 0.350. The molecule has 0 aromatic heterocycles. The van der Waals surface area contributed by atoms with Gasteiger partial charge in [0.1, 0.15) is 5.82 Å². The Kier molecular flexibility index (Phi) is 6.00. The van der Waals surface area contributed by atoms with Crippen LogP contribution in [0.4, 0.5) is 10.1 Å². The summed E-state index contributed by atoms with van der Waals surface area (Å²) in [7, 11) is 0.131. The van der Waals surface area contributed by atoms with Crippen LogP contribution in [0.15, 0.2) is 53.4 Å². The molecule has 1 amide bonds. The minimum absolute atomic E-state index is 0.0351. The molecule has 150 valence electrons. The van der Waals surface area contributed by atoms with Gasteiger partial charge in [-0.05, 0) is 55.3 Å². The third kappa shape index (κ3) is 4.69. The third-order valence-corrected chi connectivity index (χ3v) is 6.37. The van der Waals surface area contributed by atoms with Crippen molar-refractivity contribution in [2.24, 2.45) is 0 Å². The Morgan fingerprint density at radius 3 is 2.36 bits per heavy atom. The summed E-state index contributed by atoms with van der Waals surface area (Å²) in [5.41, 5.74) is 1.57. The third-order valence-electron chi connectivity index (χ3n) is 4.84. The molecule has 0 bridgehead atoms. The van der Waals surface area contributed by atoms with Crippen molar-refractivity contribution in [3.05, 3.63) is 59.9 Å². The summed E-state index contributed by atoms with van der Waals surface area (Å²) >= 11 is 0. The first kappa shape index (κ1) is 20.3. The minimum Gasteiger partial charge on any atom is -0.378 e. The number of carbonyl (C=O) groups is 1. The van der Waals surface area contributed by atoms with E-state index in [-0.39, 0.29) is 16.8 Å². The highest BCUT2D eigenvalue weighted by Gasteiger charge is 2.27. The summed E-state index contributed by atoms with van der Waals surface area (Å²) in [5.74, 6) is -0.535. The molecule has 1 fully saturated rings. The second kappa shape index (κ2) is 8.28. The monoisotopic (exact) mass is 405 g/mol. The zero-order chi connectivity index (χ0) is 20.3. The first-order valence-corrected chi connectivity index (χ1v) is 10.6. The van der Waals surface area contributed by atoms with Gasteiger partial charge in [0.25, 0.3) is 5.91 Å². The van der Waals surface area contributed by atoms with E-state index in [4.69, 9.17) is 0 Å². The molecule has 0 aliphatic carbocycles. The zero-order valence-corrected chi connectivity index (χ0v) is 16.7. The zero-order valence-electron chi connectivity index (χ0n) is 15.9. The molecule has 6 nitrogen and oxygen atoms in total. The van der Waals surface area contributed by atoms with Crippen LogP contribution in [0, 0.1) is 5.82 Å². The number of sulfonamides is 1. The standard InChI is InChI=1S/C20H24FN3O3S/c1-23(2)18-5-3-4-15(14-18)20(25)24-12-10-17(11-13-24)22-28(26,27)19-8-6-16(21)7-9-19/h3-9,14,17,22H,10-13H2,1-2H3. The Hall–Kier alpha value is -2.45. The van der Waals surface area contributed by atoms with Gasteiger partial charge in [0, 0.05) is 44.5 Å². The van der Waals surface area contributed by atoms with Gasteiger partial charge in [-0.15, -0.1) is 0 Å². The quantitative estimate of drug-likeness (QED) is 0.830. The van der Waals surface area contributed by atoms with Crippen LogP contribution in [0.3, 0.4) is 0 Å². The number of halogens is 1. The number of rotatable bonds is 5. The molecule has 1 saturated heterocycles. The number of amides is 1. The van der Waals surface area contributed by atoms with Crippen LogP contribution >= 0.6 is 0 Å². The normalized spacial score (nSPS) is 15.5. The molecule has 3 rings (SSSR count). The van der Waals surface area contributed by atoms with E-state index in [0.29, 0.717) is 31.5 Å². The van der Waals surface area contributed by atoms with E-state index < -0.39 is 15.8 Å². The van der Waals surface area contributed by atoms with Gasteiger partial charge in [-0.3, -0.25) is 4.79 Å². The molecule has 0 saturated carbocycles. The highest BCUT2D eigenvalue weighted by atomic mass is 32.2. The number of anilines is 1. The topological polar surface area (TPSA) is 69.7 Å². The molecule has 28 heavy (non-hydrogen) atoms. The Morgan fingerprint density at radius 1 is 1.11 bits per heavy atom. The van der Waals surface area contributed by atoms with E-state index in [0.717, 1.165) is 17.8 Å². The van der Waals surface area contributed by atoms with Crippen LogP contribution in [0.1, 0.15) is 23.2 Å². The molecular formula is C20H24FN3O3S. The Morgan fingerprint density at radius 2 is 1.75 bits per heavy atom. The SMILES string of the molecule is CN(C)c1cccc(C(=O)N2CCC(NS(=O)(=O)c3ccc(F)cc3)CC2)c1. The number of carbonyl (C=O) groups excluding carboxylic acids is 1. The lowest BCUT2D eigenvalue weighted by atomic mass is 10.0. The maximum Gasteiger partial charge on any atom is 0.253 e. The van der Waals surface area contributed by atoms with Crippen molar-refractivity contribution >= 4 is 21.6 Å². The summed E-state index contributed by atoms with van der Waals surface area (Å²) in [4.78, 5) is 16.5. The predicted octanol–water partition coefficient (Wildman–Crippen LogP) is 2.47. The average molecular weight is 405 g/mol. The summed E-state index contributed by atoms with van der Waals surface area (Å²) in [6.45, 7) is 0.948. The van der Waals surface area contributed by atoms with Crippen LogP contribution < -0.4 is 9.62 Å². The maximum atomic E-state index is 13.0. The van der Waals surface area contributed by atoms with Gasteiger partial charge >= 0.3 is 0 Å². The van der Waals surface area contributed by atoms with Gasteiger partial charge < -0.3 is 9.80 Å². The summed E-state index contributed by atoms with van der Waals surface area (Å²) in [5, 5.41) is 0. The molecular weight excluding hydrogens is 381 g/mol. The van der Waals surface area contributed by atoms with Crippen LogP contribution in [0.5, 0.6) is 0 Å². The fourth-order valence-electron chi connectivity index (χ4n) is 3.20. The lowest BCUT2D eigenvalue weighted by Crippen LogP contribution is -2.46. The minimum atomic E-state index is -3.71. The smallest absolute Gasteiger partial charge is 0.253 e. The number of piperidine rings is 1. The van der Waals surface area contributed by atoms with Crippen LogP contribution in [0.2, 0.25) is 0 Å². The molecule has 0 unspecified atom stereocenters. The van der Waals surface area contributed by atoms with Crippen LogP contribution in [-0.4, -0.2) is 52.5 Å². The Balaban J connectivity index is 1.60. The molecule has 0 atom stereocenters. The predicted molar refractivity (Wildman–Crippen MR) is 106 cm³/mol. The largest absolute Gasteiger partial charge is 0.378 e. The van der Waals surface area contributed by atoms with Gasteiger partial charge in [0.05, 0.1) is 4.90 Å². The lowest BCUT2D eigenvalue weighted by Gasteiger charge is -2.32. The van der Waals surface area contributed by atoms with Gasteiger partial charge in [-0.25, -0.2) is 17.5 Å². The van der Waals surface area contributed by atoms with Crippen molar-refractivity contribution in [1.82, 2.24) is 9.62 Å². The molecule has 0 radical (unpaired) electrons. The first-order chi connectivity index (χ1) is 13.3. The number of nitrogens with one attached hydrogen (secondary N) is 1. The van der Waals surface area contributed by atoms with Crippen molar-refractivity contribution in [3.63, 3.8) is 0 Å². The summed E-state index contributed by atoms with van der Waals surface area (Å²) < 4.78 is 40.5. The molecule has 8 heteroatoms. The van der Waals surface area contributed by atoms with Crippen molar-refractivity contribution in [2.75, 3.05) is 32.1 Å². The molecule has 0 spiro atoms. The molecule has 1 aliphatic heterocycles. The Labute approximate surface area is 165 Å². The van der Waals surface area contributed by atoms with E-state index in [1.165, 1.54) is 12.1 Å². The van der Waals surface area contributed by atoms with E-state index in [9.17, 15) is 17.6 Å². The number of benzene rings is 2. The molecule has 1 N–H and O–H groups in total. The number of likely N-dealkylation sites (tertiary alicyclic amines) is 1. The maximum absolute atomic E-state index is 13.0. The molecule has 2 aromatic rings.